The maximum atomic E-state index is 9.11. The van der Waals surface area contributed by atoms with Gasteiger partial charge in [-0.25, -0.2) is 0 Å². The molecule has 96 valence electrons. The Kier molecular flexibility index (Phi) is 4.27. The van der Waals surface area contributed by atoms with Gasteiger partial charge in [-0.3, -0.25) is 9.88 Å². The molecule has 0 spiro atoms. The van der Waals surface area contributed by atoms with Crippen LogP contribution in [0.5, 0.6) is 0 Å². The van der Waals surface area contributed by atoms with Crippen LogP contribution in [0.15, 0.2) is 48.8 Å². The van der Waals surface area contributed by atoms with E-state index in [-0.39, 0.29) is 6.04 Å². The van der Waals surface area contributed by atoms with Crippen LogP contribution >= 0.6 is 0 Å². The summed E-state index contributed by atoms with van der Waals surface area (Å²) in [6.07, 6.45) is 3.62. The number of pyridine rings is 1. The Morgan fingerprint density at radius 3 is 2.58 bits per heavy atom. The first kappa shape index (κ1) is 13.3. The summed E-state index contributed by atoms with van der Waals surface area (Å²) in [5, 5.41) is 9.11. The maximum absolute atomic E-state index is 9.11. The first-order valence-corrected chi connectivity index (χ1v) is 6.30. The van der Waals surface area contributed by atoms with E-state index in [9.17, 15) is 0 Å². The third kappa shape index (κ3) is 3.18. The molecule has 1 aromatic carbocycles. The maximum Gasteiger partial charge on any atom is 0.0995 e. The van der Waals surface area contributed by atoms with Crippen molar-refractivity contribution in [3.05, 3.63) is 65.5 Å². The molecule has 0 N–H and O–H groups in total. The van der Waals surface area contributed by atoms with E-state index in [1.165, 1.54) is 5.56 Å². The van der Waals surface area contributed by atoms with E-state index in [1.54, 1.807) is 0 Å². The Bertz CT molecular complexity index is 572. The fourth-order valence-electron chi connectivity index (χ4n) is 2.07. The van der Waals surface area contributed by atoms with Crippen LogP contribution in [0, 0.1) is 11.3 Å². The van der Waals surface area contributed by atoms with Gasteiger partial charge in [0.2, 0.25) is 0 Å². The van der Waals surface area contributed by atoms with Crippen molar-refractivity contribution in [1.82, 2.24) is 9.88 Å². The predicted octanol–water partition coefficient (Wildman–Crippen LogP) is 3.15. The normalized spacial score (nSPS) is 12.1. The predicted molar refractivity (Wildman–Crippen MR) is 75.3 cm³/mol. The molecule has 0 amide bonds. The molecule has 3 nitrogen and oxygen atoms in total. The Morgan fingerprint density at radius 1 is 1.21 bits per heavy atom. The van der Waals surface area contributed by atoms with Gasteiger partial charge in [0.05, 0.1) is 11.6 Å². The molecule has 1 aromatic heterocycles. The lowest BCUT2D eigenvalue weighted by atomic mass is 10.1. The van der Waals surface area contributed by atoms with Crippen LogP contribution in [0.25, 0.3) is 0 Å². The summed E-state index contributed by atoms with van der Waals surface area (Å²) < 4.78 is 0. The summed E-state index contributed by atoms with van der Waals surface area (Å²) in [6, 6.07) is 14.3. The third-order valence-electron chi connectivity index (χ3n) is 3.41. The number of aromatic nitrogens is 1. The molecule has 19 heavy (non-hydrogen) atoms. The lowest BCUT2D eigenvalue weighted by Gasteiger charge is -2.25. The van der Waals surface area contributed by atoms with Crippen LogP contribution in [-0.4, -0.2) is 16.9 Å². The Morgan fingerprint density at radius 2 is 1.89 bits per heavy atom. The molecule has 2 rings (SSSR count). The molecule has 0 unspecified atom stereocenters. The highest BCUT2D eigenvalue weighted by molar-refractivity contribution is 5.37. The van der Waals surface area contributed by atoms with Gasteiger partial charge in [0.15, 0.2) is 0 Å². The van der Waals surface area contributed by atoms with Crippen LogP contribution in [0.1, 0.15) is 29.7 Å². The van der Waals surface area contributed by atoms with Gasteiger partial charge in [0, 0.05) is 25.0 Å². The number of nitriles is 1. The number of nitrogens with zero attached hydrogens (tertiary/aromatic N) is 3. The van der Waals surface area contributed by atoms with Crippen molar-refractivity contribution in [2.24, 2.45) is 0 Å². The van der Waals surface area contributed by atoms with Gasteiger partial charge in [0.25, 0.3) is 0 Å². The van der Waals surface area contributed by atoms with Crippen molar-refractivity contribution < 1.29 is 0 Å². The minimum atomic E-state index is 0.287. The minimum Gasteiger partial charge on any atom is -0.295 e. The van der Waals surface area contributed by atoms with Crippen molar-refractivity contribution in [1.29, 1.82) is 5.26 Å². The van der Waals surface area contributed by atoms with Gasteiger partial charge < -0.3 is 0 Å². The second-order valence-corrected chi connectivity index (χ2v) is 4.64. The molecule has 0 radical (unpaired) electrons. The molecular formula is C16H17N3. The molecule has 1 atom stereocenters. The highest BCUT2D eigenvalue weighted by Gasteiger charge is 2.13. The quantitative estimate of drug-likeness (QED) is 0.838. The topological polar surface area (TPSA) is 39.9 Å². The molecule has 3 heteroatoms. The summed E-state index contributed by atoms with van der Waals surface area (Å²) in [5.74, 6) is 0. The Hall–Kier alpha value is -2.18. The van der Waals surface area contributed by atoms with E-state index < -0.39 is 0 Å². The summed E-state index contributed by atoms with van der Waals surface area (Å²) >= 11 is 0. The highest BCUT2D eigenvalue weighted by Crippen LogP contribution is 2.20. The van der Waals surface area contributed by atoms with Crippen molar-refractivity contribution in [3.63, 3.8) is 0 Å². The largest absolute Gasteiger partial charge is 0.295 e. The molecule has 2 aromatic rings. The van der Waals surface area contributed by atoms with E-state index in [0.29, 0.717) is 0 Å². The minimum absolute atomic E-state index is 0.287. The van der Waals surface area contributed by atoms with E-state index in [2.05, 4.69) is 29.9 Å². The Labute approximate surface area is 114 Å². The van der Waals surface area contributed by atoms with Crippen molar-refractivity contribution >= 4 is 0 Å². The second-order valence-electron chi connectivity index (χ2n) is 4.64. The van der Waals surface area contributed by atoms with E-state index in [0.717, 1.165) is 17.7 Å². The average Bonchev–Trinajstić information content (AvgIpc) is 2.48. The van der Waals surface area contributed by atoms with Crippen molar-refractivity contribution in [2.75, 3.05) is 7.05 Å². The molecule has 0 aliphatic carbocycles. The standard InChI is InChI=1S/C16H17N3/c1-13(14-7-9-18-10-8-14)19(2)12-16-6-4-3-5-15(16)11-17/h3-10,13H,12H2,1-2H3/t13-/m0/s1. The first-order chi connectivity index (χ1) is 9.22. The molecule has 0 saturated heterocycles. The zero-order valence-corrected chi connectivity index (χ0v) is 11.2. The first-order valence-electron chi connectivity index (χ1n) is 6.30. The number of hydrogen-bond donors (Lipinski definition) is 0. The molecule has 0 fully saturated rings. The lowest BCUT2D eigenvalue weighted by Crippen LogP contribution is -2.22. The Balaban J connectivity index is 2.13. The van der Waals surface area contributed by atoms with Crippen LogP contribution in [-0.2, 0) is 6.54 Å². The molecule has 0 aliphatic rings. The smallest absolute Gasteiger partial charge is 0.0995 e. The highest BCUT2D eigenvalue weighted by atomic mass is 15.1. The summed E-state index contributed by atoms with van der Waals surface area (Å²) in [6.45, 7) is 2.91. The summed E-state index contributed by atoms with van der Waals surface area (Å²) in [7, 11) is 2.07. The van der Waals surface area contributed by atoms with Crippen molar-refractivity contribution in [3.8, 4) is 6.07 Å². The molecule has 0 aliphatic heterocycles. The second kappa shape index (κ2) is 6.12. The summed E-state index contributed by atoms with van der Waals surface area (Å²) in [5.41, 5.74) is 3.04. The fourth-order valence-corrected chi connectivity index (χ4v) is 2.07. The zero-order chi connectivity index (χ0) is 13.7. The monoisotopic (exact) mass is 251 g/mol. The van der Waals surface area contributed by atoms with Gasteiger partial charge >= 0.3 is 0 Å². The summed E-state index contributed by atoms with van der Waals surface area (Å²) in [4.78, 5) is 6.26. The molecule has 0 saturated carbocycles. The fraction of sp³-hybridized carbons (Fsp3) is 0.250. The average molecular weight is 251 g/mol. The van der Waals surface area contributed by atoms with Gasteiger partial charge in [-0.05, 0) is 43.3 Å². The number of rotatable bonds is 4. The number of hydrogen-bond acceptors (Lipinski definition) is 3. The van der Waals surface area contributed by atoms with Gasteiger partial charge in [-0.1, -0.05) is 18.2 Å². The van der Waals surface area contributed by atoms with Gasteiger partial charge in [0.1, 0.15) is 0 Å². The molecule has 0 bridgehead atoms. The third-order valence-corrected chi connectivity index (χ3v) is 3.41. The van der Waals surface area contributed by atoms with Crippen LogP contribution in [0.2, 0.25) is 0 Å². The lowest BCUT2D eigenvalue weighted by molar-refractivity contribution is 0.253. The van der Waals surface area contributed by atoms with Gasteiger partial charge in [-0.15, -0.1) is 0 Å². The van der Waals surface area contributed by atoms with Crippen molar-refractivity contribution in [2.45, 2.75) is 19.5 Å². The molecular weight excluding hydrogens is 234 g/mol. The zero-order valence-electron chi connectivity index (χ0n) is 11.2. The van der Waals surface area contributed by atoms with Gasteiger partial charge in [-0.2, -0.15) is 5.26 Å². The SMILES string of the molecule is C[C@@H](c1ccncc1)N(C)Cc1ccccc1C#N. The van der Waals surface area contributed by atoms with E-state index in [4.69, 9.17) is 5.26 Å². The molecule has 1 heterocycles. The van der Waals surface area contributed by atoms with E-state index in [1.807, 2.05) is 48.8 Å². The number of benzene rings is 1. The van der Waals surface area contributed by atoms with Crippen LogP contribution in [0.4, 0.5) is 0 Å². The van der Waals surface area contributed by atoms with Crippen LogP contribution < -0.4 is 0 Å². The van der Waals surface area contributed by atoms with E-state index >= 15 is 0 Å². The van der Waals surface area contributed by atoms with Crippen LogP contribution in [0.3, 0.4) is 0 Å².